The number of nitro groups is 1. The van der Waals surface area contributed by atoms with Gasteiger partial charge in [0, 0.05) is 38.0 Å². The zero-order valence-electron chi connectivity index (χ0n) is 17.1. The van der Waals surface area contributed by atoms with Gasteiger partial charge in [-0.1, -0.05) is 6.07 Å². The summed E-state index contributed by atoms with van der Waals surface area (Å²) in [4.78, 5) is 30.6. The number of nitro benzene ring substituents is 1. The summed E-state index contributed by atoms with van der Waals surface area (Å²) in [6.45, 7) is 1.92. The number of alkyl halides is 2. The highest BCUT2D eigenvalue weighted by Crippen LogP contribution is 2.29. The predicted molar refractivity (Wildman–Crippen MR) is 110 cm³/mol. The second kappa shape index (κ2) is 10.6. The van der Waals surface area contributed by atoms with Crippen LogP contribution in [0.1, 0.15) is 29.0 Å². The number of benzene rings is 1. The summed E-state index contributed by atoms with van der Waals surface area (Å²) < 4.78 is 24.8. The first kappa shape index (κ1) is 23.1. The highest BCUT2D eigenvalue weighted by molar-refractivity contribution is 5.95. The van der Waals surface area contributed by atoms with E-state index in [-0.39, 0.29) is 42.6 Å². The molecule has 162 valence electrons. The number of likely N-dealkylation sites (N-methyl/N-ethyl adjacent to an activating group) is 2. The lowest BCUT2D eigenvalue weighted by Gasteiger charge is -2.22. The van der Waals surface area contributed by atoms with Gasteiger partial charge < -0.3 is 10.2 Å². The lowest BCUT2D eigenvalue weighted by molar-refractivity contribution is -0.384. The van der Waals surface area contributed by atoms with Crippen LogP contribution >= 0.6 is 0 Å². The van der Waals surface area contributed by atoms with E-state index in [2.05, 4.69) is 10.3 Å². The Kier molecular flexibility index (Phi) is 8.16. The van der Waals surface area contributed by atoms with Gasteiger partial charge >= 0.3 is 0 Å². The molecule has 1 unspecified atom stereocenters. The van der Waals surface area contributed by atoms with Gasteiger partial charge in [0.25, 0.3) is 18.0 Å². The van der Waals surface area contributed by atoms with Crippen molar-refractivity contribution in [3.8, 4) is 0 Å². The summed E-state index contributed by atoms with van der Waals surface area (Å²) in [7, 11) is 3.07. The Morgan fingerprint density at radius 2 is 1.97 bits per heavy atom. The number of amides is 1. The molecular formula is C20H25F2N5O3. The minimum atomic E-state index is -2.45. The molecule has 2 aromatic rings. The number of anilines is 1. The third-order valence-electron chi connectivity index (χ3n) is 4.56. The number of nitrogens with zero attached hydrogens (tertiary/aromatic N) is 4. The van der Waals surface area contributed by atoms with Crippen LogP contribution in [0.15, 0.2) is 42.6 Å². The van der Waals surface area contributed by atoms with Gasteiger partial charge in [0.2, 0.25) is 0 Å². The largest absolute Gasteiger partial charge is 0.371 e. The van der Waals surface area contributed by atoms with Gasteiger partial charge in [0.1, 0.15) is 5.69 Å². The molecule has 0 aliphatic rings. The van der Waals surface area contributed by atoms with Crippen molar-refractivity contribution in [1.29, 1.82) is 0 Å². The smallest absolute Gasteiger partial charge is 0.293 e. The van der Waals surface area contributed by atoms with Crippen molar-refractivity contribution in [3.63, 3.8) is 0 Å². The van der Waals surface area contributed by atoms with Crippen molar-refractivity contribution in [2.45, 2.75) is 19.4 Å². The van der Waals surface area contributed by atoms with Gasteiger partial charge in [-0.15, -0.1) is 0 Å². The van der Waals surface area contributed by atoms with Gasteiger partial charge in [-0.25, -0.2) is 8.78 Å². The average Bonchev–Trinajstić information content (AvgIpc) is 2.71. The maximum absolute atomic E-state index is 12.6. The van der Waals surface area contributed by atoms with Crippen LogP contribution in [0.5, 0.6) is 0 Å². The number of hydrogen-bond donors (Lipinski definition) is 1. The molecule has 10 heteroatoms. The highest BCUT2D eigenvalue weighted by Gasteiger charge is 2.21. The number of hydrogen-bond acceptors (Lipinski definition) is 6. The Bertz CT molecular complexity index is 867. The first-order valence-electron chi connectivity index (χ1n) is 9.37. The Labute approximate surface area is 173 Å². The van der Waals surface area contributed by atoms with Gasteiger partial charge in [-0.3, -0.25) is 24.8 Å². The number of carbonyl (C=O) groups excluding carboxylic acids is 1. The summed E-state index contributed by atoms with van der Waals surface area (Å²) in [5, 5.41) is 14.6. The zero-order chi connectivity index (χ0) is 22.3. The van der Waals surface area contributed by atoms with Crippen molar-refractivity contribution in [2.75, 3.05) is 39.0 Å². The minimum Gasteiger partial charge on any atom is -0.371 e. The molecule has 0 aliphatic carbocycles. The SMILES string of the molecule is CC(Nc1ccc(C(=O)N(C)CCN(C)CC(F)F)cc1[N+](=O)[O-])c1ccccn1. The maximum atomic E-state index is 12.6. The molecule has 0 fully saturated rings. The molecule has 8 nitrogen and oxygen atoms in total. The average molecular weight is 421 g/mol. The van der Waals surface area contributed by atoms with Gasteiger partial charge in [-0.05, 0) is 38.2 Å². The molecule has 2 rings (SSSR count). The summed E-state index contributed by atoms with van der Waals surface area (Å²) >= 11 is 0. The molecule has 1 amide bonds. The molecule has 0 spiro atoms. The number of nitrogens with one attached hydrogen (secondary N) is 1. The normalized spacial score (nSPS) is 12.1. The molecule has 0 saturated heterocycles. The Balaban J connectivity index is 2.11. The second-order valence-corrected chi connectivity index (χ2v) is 6.99. The Morgan fingerprint density at radius 3 is 2.57 bits per heavy atom. The third kappa shape index (κ3) is 6.45. The van der Waals surface area contributed by atoms with Crippen LogP contribution in [-0.2, 0) is 0 Å². The molecule has 0 aliphatic heterocycles. The van der Waals surface area contributed by atoms with Crippen molar-refractivity contribution in [1.82, 2.24) is 14.8 Å². The number of carbonyl (C=O) groups is 1. The lowest BCUT2D eigenvalue weighted by Crippen LogP contribution is -2.36. The fourth-order valence-electron chi connectivity index (χ4n) is 2.85. The van der Waals surface area contributed by atoms with E-state index >= 15 is 0 Å². The minimum absolute atomic E-state index is 0.150. The number of pyridine rings is 1. The number of rotatable bonds is 10. The molecule has 1 atom stereocenters. The Hall–Kier alpha value is -3.14. The van der Waals surface area contributed by atoms with E-state index in [9.17, 15) is 23.7 Å². The first-order chi connectivity index (χ1) is 14.2. The van der Waals surface area contributed by atoms with E-state index in [0.29, 0.717) is 0 Å². The van der Waals surface area contributed by atoms with Crippen molar-refractivity contribution >= 4 is 17.3 Å². The van der Waals surface area contributed by atoms with E-state index in [1.165, 1.54) is 35.0 Å². The molecule has 1 N–H and O–H groups in total. The van der Waals surface area contributed by atoms with Crippen molar-refractivity contribution in [3.05, 3.63) is 64.0 Å². The number of aromatic nitrogens is 1. The van der Waals surface area contributed by atoms with Crippen LogP contribution in [0.25, 0.3) is 0 Å². The Morgan fingerprint density at radius 1 is 1.23 bits per heavy atom. The molecule has 0 bridgehead atoms. The van der Waals surface area contributed by atoms with E-state index < -0.39 is 17.3 Å². The molecule has 0 radical (unpaired) electrons. The maximum Gasteiger partial charge on any atom is 0.293 e. The van der Waals surface area contributed by atoms with E-state index in [0.717, 1.165) is 5.69 Å². The number of halogens is 2. The molecule has 30 heavy (non-hydrogen) atoms. The molecule has 1 aromatic heterocycles. The molecular weight excluding hydrogens is 396 g/mol. The van der Waals surface area contributed by atoms with Crippen LogP contribution in [-0.4, -0.2) is 65.8 Å². The van der Waals surface area contributed by atoms with Crippen LogP contribution < -0.4 is 5.32 Å². The highest BCUT2D eigenvalue weighted by atomic mass is 19.3. The topological polar surface area (TPSA) is 91.6 Å². The quantitative estimate of drug-likeness (QED) is 0.467. The van der Waals surface area contributed by atoms with Gasteiger partial charge in [0.15, 0.2) is 0 Å². The van der Waals surface area contributed by atoms with E-state index in [1.54, 1.807) is 25.4 Å². The van der Waals surface area contributed by atoms with Crippen LogP contribution in [0.2, 0.25) is 0 Å². The summed E-state index contributed by atoms with van der Waals surface area (Å²) in [6, 6.07) is 9.34. The fourth-order valence-corrected chi connectivity index (χ4v) is 2.85. The van der Waals surface area contributed by atoms with Crippen LogP contribution in [0, 0.1) is 10.1 Å². The molecule has 1 heterocycles. The first-order valence-corrected chi connectivity index (χ1v) is 9.37. The van der Waals surface area contributed by atoms with E-state index in [1.807, 2.05) is 13.0 Å². The monoisotopic (exact) mass is 421 g/mol. The third-order valence-corrected chi connectivity index (χ3v) is 4.56. The van der Waals surface area contributed by atoms with Crippen LogP contribution in [0.4, 0.5) is 20.2 Å². The summed E-state index contributed by atoms with van der Waals surface area (Å²) in [5.74, 6) is -0.423. The lowest BCUT2D eigenvalue weighted by atomic mass is 10.1. The van der Waals surface area contributed by atoms with Crippen LogP contribution in [0.3, 0.4) is 0 Å². The standard InChI is InChI=1S/C20H25F2N5O3/c1-14(16-6-4-5-9-23-16)24-17-8-7-15(12-18(17)27(29)30)20(28)26(3)11-10-25(2)13-19(21)22/h4-9,12,14,19,24H,10-11,13H2,1-3H3. The van der Waals surface area contributed by atoms with Crippen molar-refractivity contribution < 1.29 is 18.5 Å². The van der Waals surface area contributed by atoms with Gasteiger partial charge in [0.05, 0.1) is 23.2 Å². The molecule has 1 aromatic carbocycles. The van der Waals surface area contributed by atoms with Gasteiger partial charge in [-0.2, -0.15) is 0 Å². The predicted octanol–water partition coefficient (Wildman–Crippen LogP) is 3.43. The zero-order valence-corrected chi connectivity index (χ0v) is 17.1. The fraction of sp³-hybridized carbons (Fsp3) is 0.400. The molecule has 0 saturated carbocycles. The summed E-state index contributed by atoms with van der Waals surface area (Å²) in [6.07, 6.45) is -0.815. The van der Waals surface area contributed by atoms with E-state index in [4.69, 9.17) is 0 Å². The summed E-state index contributed by atoms with van der Waals surface area (Å²) in [5.41, 5.74) is 0.914. The van der Waals surface area contributed by atoms with Crippen molar-refractivity contribution in [2.24, 2.45) is 0 Å². The second-order valence-electron chi connectivity index (χ2n) is 6.99.